The molecule has 1 N–H and O–H groups in total. The fraction of sp³-hybridized carbons (Fsp3) is 0.333. The van der Waals surface area contributed by atoms with E-state index >= 15 is 0 Å². The first-order valence-electron chi connectivity index (χ1n) is 7.26. The van der Waals surface area contributed by atoms with E-state index in [1.54, 1.807) is 0 Å². The first-order valence-corrected chi connectivity index (χ1v) is 8.85. The SMILES string of the molecule is CCC1(C(O)(c2ccc(Br)cc2)c2ccc(Br)cc2)CC1. The van der Waals surface area contributed by atoms with Crippen LogP contribution in [0.4, 0.5) is 0 Å². The van der Waals surface area contributed by atoms with Crippen LogP contribution in [0.1, 0.15) is 37.3 Å². The summed E-state index contributed by atoms with van der Waals surface area (Å²) in [6, 6.07) is 16.1. The molecule has 2 aromatic rings. The molecule has 0 aromatic heterocycles. The maximum Gasteiger partial charge on any atom is 0.120 e. The predicted octanol–water partition coefficient (Wildman–Crippen LogP) is 5.64. The smallest absolute Gasteiger partial charge is 0.120 e. The van der Waals surface area contributed by atoms with E-state index in [1.165, 1.54) is 0 Å². The van der Waals surface area contributed by atoms with Crippen LogP contribution < -0.4 is 0 Å². The van der Waals surface area contributed by atoms with E-state index in [0.717, 1.165) is 39.3 Å². The van der Waals surface area contributed by atoms with Crippen LogP contribution >= 0.6 is 31.9 Å². The zero-order chi connectivity index (χ0) is 15.1. The summed E-state index contributed by atoms with van der Waals surface area (Å²) in [5, 5.41) is 11.7. The maximum absolute atomic E-state index is 11.7. The van der Waals surface area contributed by atoms with Gasteiger partial charge in [-0.2, -0.15) is 0 Å². The quantitative estimate of drug-likeness (QED) is 0.692. The average Bonchev–Trinajstić information content (AvgIpc) is 3.29. The number of benzene rings is 2. The Morgan fingerprint density at radius 2 is 1.29 bits per heavy atom. The van der Waals surface area contributed by atoms with Crippen molar-refractivity contribution in [2.24, 2.45) is 5.41 Å². The number of aliphatic hydroxyl groups is 1. The fourth-order valence-corrected chi connectivity index (χ4v) is 3.81. The molecule has 0 aliphatic heterocycles. The summed E-state index contributed by atoms with van der Waals surface area (Å²) in [5.41, 5.74) is 1.01. The molecule has 21 heavy (non-hydrogen) atoms. The summed E-state index contributed by atoms with van der Waals surface area (Å²) in [6.07, 6.45) is 3.13. The highest BCUT2D eigenvalue weighted by molar-refractivity contribution is 9.10. The lowest BCUT2D eigenvalue weighted by molar-refractivity contribution is -0.00130. The van der Waals surface area contributed by atoms with Gasteiger partial charge in [0, 0.05) is 14.4 Å². The van der Waals surface area contributed by atoms with Gasteiger partial charge in [0.25, 0.3) is 0 Å². The summed E-state index contributed by atoms with van der Waals surface area (Å²) in [6.45, 7) is 2.18. The van der Waals surface area contributed by atoms with Crippen molar-refractivity contribution in [3.05, 3.63) is 68.6 Å². The minimum absolute atomic E-state index is 0.0331. The molecule has 0 unspecified atom stereocenters. The molecule has 1 nitrogen and oxygen atoms in total. The van der Waals surface area contributed by atoms with Crippen molar-refractivity contribution in [3.63, 3.8) is 0 Å². The minimum atomic E-state index is -0.914. The highest BCUT2D eigenvalue weighted by atomic mass is 79.9. The van der Waals surface area contributed by atoms with Crippen molar-refractivity contribution >= 4 is 31.9 Å². The molecule has 1 aliphatic carbocycles. The van der Waals surface area contributed by atoms with Gasteiger partial charge in [0.1, 0.15) is 5.60 Å². The minimum Gasteiger partial charge on any atom is -0.380 e. The molecule has 3 heteroatoms. The Balaban J connectivity index is 2.16. The van der Waals surface area contributed by atoms with Crippen LogP contribution in [-0.2, 0) is 5.60 Å². The second-order valence-corrected chi connectivity index (χ2v) is 7.69. The molecule has 110 valence electrons. The van der Waals surface area contributed by atoms with Gasteiger partial charge in [-0.25, -0.2) is 0 Å². The van der Waals surface area contributed by atoms with Crippen LogP contribution in [0, 0.1) is 5.41 Å². The molecule has 3 rings (SSSR count). The van der Waals surface area contributed by atoms with E-state index in [-0.39, 0.29) is 5.41 Å². The first-order chi connectivity index (χ1) is 10.0. The van der Waals surface area contributed by atoms with Crippen LogP contribution in [0.3, 0.4) is 0 Å². The topological polar surface area (TPSA) is 20.2 Å². The summed E-state index contributed by atoms with van der Waals surface area (Å²) in [7, 11) is 0. The van der Waals surface area contributed by atoms with Crippen molar-refractivity contribution in [1.29, 1.82) is 0 Å². The second-order valence-electron chi connectivity index (χ2n) is 5.86. The van der Waals surface area contributed by atoms with E-state index in [9.17, 15) is 5.11 Å². The Labute approximate surface area is 142 Å². The van der Waals surface area contributed by atoms with Gasteiger partial charge in [-0.05, 0) is 54.7 Å². The van der Waals surface area contributed by atoms with Crippen LogP contribution in [-0.4, -0.2) is 5.11 Å². The molecule has 2 aromatic carbocycles. The van der Waals surface area contributed by atoms with Crippen molar-refractivity contribution in [1.82, 2.24) is 0 Å². The molecule has 0 saturated heterocycles. The van der Waals surface area contributed by atoms with Gasteiger partial charge in [-0.3, -0.25) is 0 Å². The Morgan fingerprint density at radius 1 is 0.905 bits per heavy atom. The van der Waals surface area contributed by atoms with Gasteiger partial charge in [-0.1, -0.05) is 63.0 Å². The van der Waals surface area contributed by atoms with Crippen molar-refractivity contribution < 1.29 is 5.11 Å². The molecule has 0 amide bonds. The molecule has 1 saturated carbocycles. The fourth-order valence-electron chi connectivity index (χ4n) is 3.28. The maximum atomic E-state index is 11.7. The van der Waals surface area contributed by atoms with E-state index in [0.29, 0.717) is 0 Å². The first kappa shape index (κ1) is 15.3. The van der Waals surface area contributed by atoms with E-state index in [1.807, 2.05) is 48.5 Å². The van der Waals surface area contributed by atoms with Crippen LogP contribution in [0.2, 0.25) is 0 Å². The van der Waals surface area contributed by atoms with Crippen LogP contribution in [0.5, 0.6) is 0 Å². The number of halogens is 2. The van der Waals surface area contributed by atoms with Gasteiger partial charge in [-0.15, -0.1) is 0 Å². The highest BCUT2D eigenvalue weighted by Gasteiger charge is 2.58. The molecule has 0 heterocycles. The third-order valence-corrected chi connectivity index (χ3v) is 5.88. The van der Waals surface area contributed by atoms with Gasteiger partial charge in [0.15, 0.2) is 0 Å². The zero-order valence-electron chi connectivity index (χ0n) is 11.9. The molecule has 0 spiro atoms. The highest BCUT2D eigenvalue weighted by Crippen LogP contribution is 2.63. The number of hydrogen-bond donors (Lipinski definition) is 1. The lowest BCUT2D eigenvalue weighted by Crippen LogP contribution is -2.37. The average molecular weight is 410 g/mol. The van der Waals surface area contributed by atoms with Gasteiger partial charge < -0.3 is 5.11 Å². The third kappa shape index (κ3) is 2.49. The Morgan fingerprint density at radius 3 is 1.57 bits per heavy atom. The van der Waals surface area contributed by atoms with E-state index in [2.05, 4.69) is 38.8 Å². The summed E-state index contributed by atoms with van der Waals surface area (Å²) in [4.78, 5) is 0. The Kier molecular flexibility index (Phi) is 4.02. The molecule has 1 aliphatic rings. The molecular weight excluding hydrogens is 392 g/mol. The normalized spacial score (nSPS) is 16.8. The third-order valence-electron chi connectivity index (χ3n) is 4.82. The molecule has 0 radical (unpaired) electrons. The van der Waals surface area contributed by atoms with E-state index in [4.69, 9.17) is 0 Å². The largest absolute Gasteiger partial charge is 0.380 e. The molecule has 0 atom stereocenters. The van der Waals surface area contributed by atoms with Crippen LogP contribution in [0.25, 0.3) is 0 Å². The van der Waals surface area contributed by atoms with E-state index < -0.39 is 5.60 Å². The zero-order valence-corrected chi connectivity index (χ0v) is 15.1. The Hall–Kier alpha value is -0.640. The summed E-state index contributed by atoms with van der Waals surface area (Å²) >= 11 is 6.95. The molecular formula is C18H18Br2O. The monoisotopic (exact) mass is 408 g/mol. The summed E-state index contributed by atoms with van der Waals surface area (Å²) in [5.74, 6) is 0. The second kappa shape index (κ2) is 5.53. The predicted molar refractivity (Wildman–Crippen MR) is 93.2 cm³/mol. The van der Waals surface area contributed by atoms with Gasteiger partial charge in [0.2, 0.25) is 0 Å². The summed E-state index contributed by atoms with van der Waals surface area (Å²) < 4.78 is 2.07. The molecule has 1 fully saturated rings. The number of hydrogen-bond acceptors (Lipinski definition) is 1. The lowest BCUT2D eigenvalue weighted by atomic mass is 9.72. The van der Waals surface area contributed by atoms with Crippen molar-refractivity contribution in [2.45, 2.75) is 31.8 Å². The number of rotatable bonds is 4. The van der Waals surface area contributed by atoms with Crippen molar-refractivity contribution in [3.8, 4) is 0 Å². The lowest BCUT2D eigenvalue weighted by Gasteiger charge is -2.37. The van der Waals surface area contributed by atoms with Gasteiger partial charge >= 0.3 is 0 Å². The van der Waals surface area contributed by atoms with Crippen molar-refractivity contribution in [2.75, 3.05) is 0 Å². The standard InChI is InChI=1S/C18H18Br2O/c1-2-17(11-12-17)18(21,13-3-7-15(19)8-4-13)14-5-9-16(20)10-6-14/h3-10,21H,2,11-12H2,1H3. The van der Waals surface area contributed by atoms with Crippen LogP contribution in [0.15, 0.2) is 57.5 Å². The Bertz CT molecular complexity index is 582. The molecule has 0 bridgehead atoms. The van der Waals surface area contributed by atoms with Gasteiger partial charge in [0.05, 0.1) is 0 Å².